The fourth-order valence-corrected chi connectivity index (χ4v) is 2.95. The summed E-state index contributed by atoms with van der Waals surface area (Å²) < 4.78 is 41.4. The lowest BCUT2D eigenvalue weighted by Gasteiger charge is -2.22. The molecule has 25 heavy (non-hydrogen) atoms. The molecule has 0 aliphatic heterocycles. The quantitative estimate of drug-likeness (QED) is 0.918. The van der Waals surface area contributed by atoms with Crippen LogP contribution in [0, 0.1) is 12.8 Å². The van der Waals surface area contributed by atoms with Crippen molar-refractivity contribution in [1.82, 2.24) is 9.88 Å². The van der Waals surface area contributed by atoms with Crippen molar-refractivity contribution in [2.24, 2.45) is 5.92 Å². The molecule has 1 aliphatic rings. The van der Waals surface area contributed by atoms with E-state index >= 15 is 0 Å². The topological polar surface area (TPSA) is 51.1 Å². The molecule has 1 aliphatic carbocycles. The highest BCUT2D eigenvalue weighted by atomic mass is 19.4. The summed E-state index contributed by atoms with van der Waals surface area (Å²) in [6.45, 7) is 3.38. The van der Waals surface area contributed by atoms with Gasteiger partial charge in [0.15, 0.2) is 5.43 Å². The molecule has 1 fully saturated rings. The van der Waals surface area contributed by atoms with Crippen molar-refractivity contribution in [1.29, 1.82) is 0 Å². The van der Waals surface area contributed by atoms with Crippen molar-refractivity contribution in [2.45, 2.75) is 45.5 Å². The average molecular weight is 352 g/mol. The number of hydrogen-bond acceptors (Lipinski definition) is 2. The number of alkyl halides is 3. The number of nitrogens with zero attached hydrogens (tertiary/aromatic N) is 1. The van der Waals surface area contributed by atoms with E-state index in [4.69, 9.17) is 0 Å². The Morgan fingerprint density at radius 2 is 2.00 bits per heavy atom. The Morgan fingerprint density at radius 1 is 1.32 bits per heavy atom. The van der Waals surface area contributed by atoms with Crippen LogP contribution < -0.4 is 10.7 Å². The van der Waals surface area contributed by atoms with Crippen LogP contribution in [-0.4, -0.2) is 16.5 Å². The van der Waals surface area contributed by atoms with Gasteiger partial charge in [-0.2, -0.15) is 13.2 Å². The van der Waals surface area contributed by atoms with E-state index in [0.717, 1.165) is 23.0 Å². The van der Waals surface area contributed by atoms with E-state index in [1.807, 2.05) is 0 Å². The first-order valence-electron chi connectivity index (χ1n) is 8.18. The first kappa shape index (κ1) is 17.5. The van der Waals surface area contributed by atoms with Gasteiger partial charge in [-0.15, -0.1) is 0 Å². The molecule has 0 spiro atoms. The third-order valence-corrected chi connectivity index (χ3v) is 4.35. The molecule has 1 aromatic carbocycles. The minimum atomic E-state index is -4.65. The number of pyridine rings is 1. The SMILES string of the molecule is Cc1ccc2c(c1)c(=O)cc(C(F)(F)F)n2C[C@@H](C)NC(=O)C1CC1. The fraction of sp³-hybridized carbons (Fsp3) is 0.444. The highest BCUT2D eigenvalue weighted by molar-refractivity contribution is 5.81. The molecular weight excluding hydrogens is 333 g/mol. The van der Waals surface area contributed by atoms with Crippen LogP contribution in [0.25, 0.3) is 10.9 Å². The van der Waals surface area contributed by atoms with E-state index in [-0.39, 0.29) is 29.3 Å². The van der Waals surface area contributed by atoms with Gasteiger partial charge in [0.25, 0.3) is 0 Å². The molecule has 1 atom stereocenters. The second-order valence-electron chi connectivity index (χ2n) is 6.71. The monoisotopic (exact) mass is 352 g/mol. The molecule has 0 bridgehead atoms. The molecule has 2 aromatic rings. The number of aryl methyl sites for hydroxylation is 1. The summed E-state index contributed by atoms with van der Waals surface area (Å²) in [5.41, 5.74) is -0.637. The van der Waals surface area contributed by atoms with Gasteiger partial charge in [0.2, 0.25) is 5.91 Å². The summed E-state index contributed by atoms with van der Waals surface area (Å²) in [5, 5.41) is 3.00. The van der Waals surface area contributed by atoms with E-state index in [0.29, 0.717) is 6.07 Å². The van der Waals surface area contributed by atoms with Crippen LogP contribution >= 0.6 is 0 Å². The molecule has 1 aromatic heterocycles. The van der Waals surface area contributed by atoms with Gasteiger partial charge in [0.05, 0.1) is 5.52 Å². The Morgan fingerprint density at radius 3 is 2.60 bits per heavy atom. The van der Waals surface area contributed by atoms with Crippen molar-refractivity contribution >= 4 is 16.8 Å². The highest BCUT2D eigenvalue weighted by Gasteiger charge is 2.36. The summed E-state index contributed by atoms with van der Waals surface area (Å²) in [6.07, 6.45) is -3.00. The molecule has 1 amide bonds. The third kappa shape index (κ3) is 3.70. The summed E-state index contributed by atoms with van der Waals surface area (Å²) in [4.78, 5) is 24.0. The molecule has 4 nitrogen and oxygen atoms in total. The van der Waals surface area contributed by atoms with Crippen LogP contribution in [0.1, 0.15) is 31.0 Å². The minimum Gasteiger partial charge on any atom is -0.352 e. The van der Waals surface area contributed by atoms with Crippen LogP contribution in [0.5, 0.6) is 0 Å². The maximum absolute atomic E-state index is 13.4. The van der Waals surface area contributed by atoms with Crippen LogP contribution in [0.15, 0.2) is 29.1 Å². The Labute approximate surface area is 142 Å². The van der Waals surface area contributed by atoms with E-state index in [1.165, 1.54) is 6.07 Å². The number of fused-ring (bicyclic) bond motifs is 1. The maximum Gasteiger partial charge on any atom is 0.431 e. The first-order valence-corrected chi connectivity index (χ1v) is 8.18. The molecule has 1 N–H and O–H groups in total. The van der Waals surface area contributed by atoms with E-state index < -0.39 is 23.3 Å². The zero-order valence-corrected chi connectivity index (χ0v) is 14.0. The van der Waals surface area contributed by atoms with Crippen LogP contribution in [0.2, 0.25) is 0 Å². The van der Waals surface area contributed by atoms with Gasteiger partial charge in [-0.25, -0.2) is 0 Å². The number of carbonyl (C=O) groups excluding carboxylic acids is 1. The molecule has 134 valence electrons. The third-order valence-electron chi connectivity index (χ3n) is 4.35. The summed E-state index contributed by atoms with van der Waals surface area (Å²) in [6, 6.07) is 4.93. The molecule has 0 saturated heterocycles. The zero-order chi connectivity index (χ0) is 18.4. The first-order chi connectivity index (χ1) is 11.7. The van der Waals surface area contributed by atoms with E-state index in [1.54, 1.807) is 26.0 Å². The summed E-state index contributed by atoms with van der Waals surface area (Å²) in [5.74, 6) is -0.139. The fourth-order valence-electron chi connectivity index (χ4n) is 2.95. The average Bonchev–Trinajstić information content (AvgIpc) is 3.33. The predicted octanol–water partition coefficient (Wildman–Crippen LogP) is 3.24. The smallest absolute Gasteiger partial charge is 0.352 e. The Kier molecular flexibility index (Phi) is 4.34. The van der Waals surface area contributed by atoms with Gasteiger partial charge in [-0.1, -0.05) is 11.6 Å². The van der Waals surface area contributed by atoms with Crippen LogP contribution in [-0.2, 0) is 17.5 Å². The number of carbonyl (C=O) groups is 1. The van der Waals surface area contributed by atoms with Crippen LogP contribution in [0.3, 0.4) is 0 Å². The van der Waals surface area contributed by atoms with Gasteiger partial charge < -0.3 is 9.88 Å². The van der Waals surface area contributed by atoms with Gasteiger partial charge in [0.1, 0.15) is 5.69 Å². The lowest BCUT2D eigenvalue weighted by atomic mass is 10.1. The van der Waals surface area contributed by atoms with Crippen molar-refractivity contribution in [2.75, 3.05) is 0 Å². The molecule has 0 radical (unpaired) electrons. The zero-order valence-electron chi connectivity index (χ0n) is 14.0. The molecule has 7 heteroatoms. The molecular formula is C18H19F3N2O2. The standard InChI is InChI=1S/C18H19F3N2O2/c1-10-3-6-14-13(7-10)15(24)8-16(18(19,20)21)23(14)9-11(2)22-17(25)12-4-5-12/h3,6-8,11-12H,4-5,9H2,1-2H3,(H,22,25)/t11-/m1/s1. The van der Waals surface area contributed by atoms with Crippen LogP contribution in [0.4, 0.5) is 13.2 Å². The number of aromatic nitrogens is 1. The largest absolute Gasteiger partial charge is 0.431 e. The van der Waals surface area contributed by atoms with Gasteiger partial charge >= 0.3 is 6.18 Å². The highest BCUT2D eigenvalue weighted by Crippen LogP contribution is 2.31. The summed E-state index contributed by atoms with van der Waals surface area (Å²) in [7, 11) is 0. The van der Waals surface area contributed by atoms with Gasteiger partial charge in [0, 0.05) is 30.0 Å². The van der Waals surface area contributed by atoms with Crippen molar-refractivity contribution in [3.8, 4) is 0 Å². The molecule has 0 unspecified atom stereocenters. The predicted molar refractivity (Wildman–Crippen MR) is 88.3 cm³/mol. The minimum absolute atomic E-state index is 0.0158. The lowest BCUT2D eigenvalue weighted by Crippen LogP contribution is -2.38. The van der Waals surface area contributed by atoms with Crippen molar-refractivity contribution in [3.05, 3.63) is 45.7 Å². The Hall–Kier alpha value is -2.31. The number of nitrogens with one attached hydrogen (secondary N) is 1. The number of benzene rings is 1. The second kappa shape index (κ2) is 6.20. The normalized spacial score (nSPS) is 16.0. The Bertz CT molecular complexity index is 882. The maximum atomic E-state index is 13.4. The van der Waals surface area contributed by atoms with Gasteiger partial charge in [-0.3, -0.25) is 9.59 Å². The van der Waals surface area contributed by atoms with E-state index in [9.17, 15) is 22.8 Å². The number of hydrogen-bond donors (Lipinski definition) is 1. The van der Waals surface area contributed by atoms with Gasteiger partial charge in [-0.05, 0) is 38.8 Å². The van der Waals surface area contributed by atoms with Crippen molar-refractivity contribution in [3.63, 3.8) is 0 Å². The Balaban J connectivity index is 2.05. The summed E-state index contributed by atoms with van der Waals surface area (Å²) >= 11 is 0. The second-order valence-corrected chi connectivity index (χ2v) is 6.71. The van der Waals surface area contributed by atoms with Crippen molar-refractivity contribution < 1.29 is 18.0 Å². The molecule has 1 saturated carbocycles. The number of rotatable bonds is 4. The molecule has 1 heterocycles. The van der Waals surface area contributed by atoms with E-state index in [2.05, 4.69) is 5.32 Å². The number of halogens is 3. The lowest BCUT2D eigenvalue weighted by molar-refractivity contribution is -0.143. The number of amides is 1. The molecule has 3 rings (SSSR count).